The Morgan fingerprint density at radius 1 is 1.07 bits per heavy atom. The van der Waals surface area contributed by atoms with Crippen LogP contribution in [0.1, 0.15) is 6.42 Å². The SMILES string of the molecule is COc1ccc2cc(-c3nc(NCCCN(C)C)c4ccccc4n3)[nH]c2c1. The van der Waals surface area contributed by atoms with E-state index in [-0.39, 0.29) is 0 Å². The molecule has 0 amide bonds. The molecule has 0 aliphatic carbocycles. The molecule has 0 unspecified atom stereocenters. The van der Waals surface area contributed by atoms with Crippen molar-refractivity contribution in [2.45, 2.75) is 6.42 Å². The molecule has 6 heteroatoms. The Morgan fingerprint density at radius 2 is 1.93 bits per heavy atom. The van der Waals surface area contributed by atoms with E-state index in [1.54, 1.807) is 7.11 Å². The maximum atomic E-state index is 5.32. The molecule has 2 N–H and O–H groups in total. The van der Waals surface area contributed by atoms with Crippen LogP contribution in [0.15, 0.2) is 48.5 Å². The molecule has 0 radical (unpaired) electrons. The number of anilines is 1. The number of methoxy groups -OCH3 is 1. The third kappa shape index (κ3) is 3.77. The lowest BCUT2D eigenvalue weighted by molar-refractivity contribution is 0.405. The quantitative estimate of drug-likeness (QED) is 0.475. The summed E-state index contributed by atoms with van der Waals surface area (Å²) in [5.41, 5.74) is 2.83. The number of nitrogens with one attached hydrogen (secondary N) is 2. The van der Waals surface area contributed by atoms with Crippen LogP contribution >= 0.6 is 0 Å². The lowest BCUT2D eigenvalue weighted by Crippen LogP contribution is -2.16. The van der Waals surface area contributed by atoms with Crippen LogP contribution in [0.3, 0.4) is 0 Å². The highest BCUT2D eigenvalue weighted by atomic mass is 16.5. The topological polar surface area (TPSA) is 66.1 Å². The van der Waals surface area contributed by atoms with Crippen molar-refractivity contribution in [2.24, 2.45) is 0 Å². The van der Waals surface area contributed by atoms with Crippen LogP contribution in [0.5, 0.6) is 5.75 Å². The minimum Gasteiger partial charge on any atom is -0.497 e. The first-order valence-electron chi connectivity index (χ1n) is 9.46. The number of nitrogens with zero attached hydrogens (tertiary/aromatic N) is 3. The molecule has 144 valence electrons. The molecule has 0 spiro atoms. The summed E-state index contributed by atoms with van der Waals surface area (Å²) >= 11 is 0. The van der Waals surface area contributed by atoms with Gasteiger partial charge in [0.15, 0.2) is 5.82 Å². The number of rotatable bonds is 7. The zero-order chi connectivity index (χ0) is 19.5. The van der Waals surface area contributed by atoms with E-state index in [0.29, 0.717) is 5.82 Å². The van der Waals surface area contributed by atoms with Crippen LogP contribution in [0.25, 0.3) is 33.3 Å². The van der Waals surface area contributed by atoms with Gasteiger partial charge in [0.2, 0.25) is 0 Å². The van der Waals surface area contributed by atoms with Crippen molar-refractivity contribution < 1.29 is 4.74 Å². The molecule has 28 heavy (non-hydrogen) atoms. The predicted octanol–water partition coefficient (Wildman–Crippen LogP) is 4.15. The number of para-hydroxylation sites is 1. The summed E-state index contributed by atoms with van der Waals surface area (Å²) in [4.78, 5) is 15.2. The van der Waals surface area contributed by atoms with Gasteiger partial charge in [-0.2, -0.15) is 0 Å². The largest absolute Gasteiger partial charge is 0.497 e. The molecule has 2 heterocycles. The Hall–Kier alpha value is -3.12. The fourth-order valence-corrected chi connectivity index (χ4v) is 3.29. The number of benzene rings is 2. The maximum Gasteiger partial charge on any atom is 0.178 e. The first-order valence-corrected chi connectivity index (χ1v) is 9.46. The van der Waals surface area contributed by atoms with E-state index in [1.807, 2.05) is 36.4 Å². The molecular formula is C22H25N5O. The van der Waals surface area contributed by atoms with E-state index in [9.17, 15) is 0 Å². The standard InChI is InChI=1S/C22H25N5O/c1-27(2)12-6-11-23-21-17-7-4-5-8-18(17)25-22(26-21)20-13-15-9-10-16(28-3)14-19(15)24-20/h4-5,7-10,13-14,24H,6,11-12H2,1-3H3,(H,23,25,26). The summed E-state index contributed by atoms with van der Waals surface area (Å²) in [5.74, 6) is 2.38. The minimum absolute atomic E-state index is 0.684. The number of aromatic amines is 1. The van der Waals surface area contributed by atoms with E-state index in [1.165, 1.54) is 0 Å². The number of aromatic nitrogens is 3. The zero-order valence-electron chi connectivity index (χ0n) is 16.5. The van der Waals surface area contributed by atoms with Gasteiger partial charge in [0.1, 0.15) is 11.6 Å². The van der Waals surface area contributed by atoms with Crippen molar-refractivity contribution in [1.82, 2.24) is 19.9 Å². The van der Waals surface area contributed by atoms with Gasteiger partial charge in [-0.25, -0.2) is 9.97 Å². The summed E-state index contributed by atoms with van der Waals surface area (Å²) in [6.07, 6.45) is 1.05. The highest BCUT2D eigenvalue weighted by Crippen LogP contribution is 2.28. The van der Waals surface area contributed by atoms with E-state index in [2.05, 4.69) is 41.4 Å². The average molecular weight is 375 g/mol. The summed E-state index contributed by atoms with van der Waals surface area (Å²) in [7, 11) is 5.85. The zero-order valence-corrected chi connectivity index (χ0v) is 16.5. The molecule has 6 nitrogen and oxygen atoms in total. The molecule has 0 saturated carbocycles. The fourth-order valence-electron chi connectivity index (χ4n) is 3.29. The molecule has 4 rings (SSSR count). The van der Waals surface area contributed by atoms with E-state index in [4.69, 9.17) is 14.7 Å². The van der Waals surface area contributed by atoms with Crippen molar-refractivity contribution >= 4 is 27.6 Å². The van der Waals surface area contributed by atoms with Gasteiger partial charge in [-0.1, -0.05) is 12.1 Å². The Balaban J connectivity index is 1.70. The summed E-state index contributed by atoms with van der Waals surface area (Å²) in [6, 6.07) is 16.2. The molecule has 0 fully saturated rings. The summed E-state index contributed by atoms with van der Waals surface area (Å²) in [6.45, 7) is 1.90. The molecule has 2 aromatic heterocycles. The summed E-state index contributed by atoms with van der Waals surface area (Å²) in [5, 5.41) is 5.63. The Kier molecular flexibility index (Phi) is 5.12. The molecular weight excluding hydrogens is 350 g/mol. The van der Waals surface area contributed by atoms with Gasteiger partial charge in [0.25, 0.3) is 0 Å². The van der Waals surface area contributed by atoms with E-state index in [0.717, 1.165) is 58.6 Å². The molecule has 0 aliphatic heterocycles. The van der Waals surface area contributed by atoms with Crippen LogP contribution in [0, 0.1) is 0 Å². The van der Waals surface area contributed by atoms with Gasteiger partial charge in [-0.15, -0.1) is 0 Å². The lowest BCUT2D eigenvalue weighted by atomic mass is 10.2. The normalized spacial score (nSPS) is 11.4. The molecule has 2 aromatic carbocycles. The average Bonchev–Trinajstić information content (AvgIpc) is 3.14. The van der Waals surface area contributed by atoms with Crippen molar-refractivity contribution in [2.75, 3.05) is 39.6 Å². The first kappa shape index (κ1) is 18.3. The smallest absolute Gasteiger partial charge is 0.178 e. The van der Waals surface area contributed by atoms with Crippen LogP contribution in [0.4, 0.5) is 5.82 Å². The third-order valence-corrected chi connectivity index (χ3v) is 4.75. The summed E-state index contributed by atoms with van der Waals surface area (Å²) < 4.78 is 5.32. The molecule has 0 bridgehead atoms. The number of H-pyrrole nitrogens is 1. The molecule has 0 saturated heterocycles. The number of hydrogen-bond donors (Lipinski definition) is 2. The predicted molar refractivity (Wildman–Crippen MR) is 115 cm³/mol. The number of fused-ring (bicyclic) bond motifs is 2. The fraction of sp³-hybridized carbons (Fsp3) is 0.273. The second-order valence-corrected chi connectivity index (χ2v) is 7.13. The van der Waals surface area contributed by atoms with Crippen molar-refractivity contribution in [3.63, 3.8) is 0 Å². The Bertz CT molecular complexity index is 1100. The van der Waals surface area contributed by atoms with Gasteiger partial charge in [0.05, 0.1) is 18.3 Å². The van der Waals surface area contributed by atoms with Crippen LogP contribution in [-0.2, 0) is 0 Å². The van der Waals surface area contributed by atoms with Crippen LogP contribution in [0.2, 0.25) is 0 Å². The maximum absolute atomic E-state index is 5.32. The van der Waals surface area contributed by atoms with Crippen molar-refractivity contribution in [3.05, 3.63) is 48.5 Å². The van der Waals surface area contributed by atoms with Gasteiger partial charge >= 0.3 is 0 Å². The van der Waals surface area contributed by atoms with Gasteiger partial charge in [-0.05, 0) is 57.4 Å². The Labute approximate surface area is 164 Å². The third-order valence-electron chi connectivity index (χ3n) is 4.75. The highest BCUT2D eigenvalue weighted by molar-refractivity contribution is 5.92. The van der Waals surface area contributed by atoms with Gasteiger partial charge in [0, 0.05) is 28.9 Å². The second-order valence-electron chi connectivity index (χ2n) is 7.13. The lowest BCUT2D eigenvalue weighted by Gasteiger charge is -2.12. The van der Waals surface area contributed by atoms with Gasteiger partial charge < -0.3 is 19.9 Å². The van der Waals surface area contributed by atoms with Crippen molar-refractivity contribution in [1.29, 1.82) is 0 Å². The number of hydrogen-bond acceptors (Lipinski definition) is 5. The van der Waals surface area contributed by atoms with Gasteiger partial charge in [-0.3, -0.25) is 0 Å². The second kappa shape index (κ2) is 7.86. The Morgan fingerprint density at radius 3 is 2.75 bits per heavy atom. The minimum atomic E-state index is 0.684. The molecule has 4 aromatic rings. The first-order chi connectivity index (χ1) is 13.6. The van der Waals surface area contributed by atoms with E-state index < -0.39 is 0 Å². The molecule has 0 aliphatic rings. The van der Waals surface area contributed by atoms with Crippen LogP contribution in [-0.4, -0.2) is 54.1 Å². The highest BCUT2D eigenvalue weighted by Gasteiger charge is 2.12. The molecule has 0 atom stereocenters. The van der Waals surface area contributed by atoms with Crippen LogP contribution < -0.4 is 10.1 Å². The van der Waals surface area contributed by atoms with E-state index >= 15 is 0 Å². The number of ether oxygens (including phenoxy) is 1. The monoisotopic (exact) mass is 375 g/mol. The van der Waals surface area contributed by atoms with Crippen molar-refractivity contribution in [3.8, 4) is 17.3 Å².